The first kappa shape index (κ1) is 17.7. The van der Waals surface area contributed by atoms with Gasteiger partial charge in [0.25, 0.3) is 0 Å². The van der Waals surface area contributed by atoms with Gasteiger partial charge in [0.2, 0.25) is 5.91 Å². The van der Waals surface area contributed by atoms with Gasteiger partial charge in [0.05, 0.1) is 11.0 Å². The molecule has 1 N–H and O–H groups in total. The summed E-state index contributed by atoms with van der Waals surface area (Å²) in [6, 6.07) is 0. The Hall–Kier alpha value is -0.370. The molecule has 2 fully saturated rings. The number of sulfone groups is 1. The van der Waals surface area contributed by atoms with Gasteiger partial charge in [0.15, 0.2) is 9.84 Å². The normalized spacial score (nSPS) is 26.9. The fourth-order valence-corrected chi connectivity index (χ4v) is 3.91. The fourth-order valence-electron chi connectivity index (χ4n) is 2.56. The van der Waals surface area contributed by atoms with Gasteiger partial charge in [-0.15, -0.1) is 12.4 Å². The van der Waals surface area contributed by atoms with E-state index in [1.54, 1.807) is 6.92 Å². The molecule has 8 heteroatoms. The highest BCUT2D eigenvalue weighted by Gasteiger charge is 2.29. The Bertz CT molecular complexity index is 424. The van der Waals surface area contributed by atoms with Crippen LogP contribution in [-0.2, 0) is 14.6 Å². The SMILES string of the molecule is CC1CN(CCC(=O)N2CCNCC2)CCS1(=O)=O.Cl. The number of piperazine rings is 1. The summed E-state index contributed by atoms with van der Waals surface area (Å²) in [7, 11) is -2.90. The molecule has 0 bridgehead atoms. The Kier molecular flexibility index (Phi) is 6.71. The predicted molar refractivity (Wildman–Crippen MR) is 81.0 cm³/mol. The van der Waals surface area contributed by atoms with Crippen molar-refractivity contribution in [2.75, 3.05) is 51.6 Å². The molecule has 2 aliphatic heterocycles. The number of nitrogens with one attached hydrogen (secondary N) is 1. The summed E-state index contributed by atoms with van der Waals surface area (Å²) >= 11 is 0. The van der Waals surface area contributed by atoms with Gasteiger partial charge in [-0.3, -0.25) is 4.79 Å². The van der Waals surface area contributed by atoms with E-state index < -0.39 is 9.84 Å². The van der Waals surface area contributed by atoms with Gasteiger partial charge in [-0.05, 0) is 6.92 Å². The maximum Gasteiger partial charge on any atom is 0.223 e. The maximum atomic E-state index is 12.0. The summed E-state index contributed by atoms with van der Waals surface area (Å²) in [6.45, 7) is 6.82. The molecule has 0 spiro atoms. The Morgan fingerprint density at radius 2 is 1.90 bits per heavy atom. The number of rotatable bonds is 3. The highest BCUT2D eigenvalue weighted by atomic mass is 35.5. The van der Waals surface area contributed by atoms with Crippen LogP contribution in [0.5, 0.6) is 0 Å². The molecule has 0 aromatic heterocycles. The average Bonchev–Trinajstić information content (AvgIpc) is 2.41. The number of halogens is 1. The summed E-state index contributed by atoms with van der Waals surface area (Å²) in [5.74, 6) is 0.401. The third-order valence-corrected chi connectivity index (χ3v) is 6.06. The molecular formula is C12H24ClN3O3S. The molecule has 0 aromatic carbocycles. The molecule has 118 valence electrons. The molecule has 1 unspecified atom stereocenters. The fraction of sp³-hybridized carbons (Fsp3) is 0.917. The van der Waals surface area contributed by atoms with E-state index in [2.05, 4.69) is 10.2 Å². The van der Waals surface area contributed by atoms with Crippen molar-refractivity contribution in [2.24, 2.45) is 0 Å². The van der Waals surface area contributed by atoms with Crippen LogP contribution in [0.1, 0.15) is 13.3 Å². The average molecular weight is 326 g/mol. The van der Waals surface area contributed by atoms with E-state index in [0.29, 0.717) is 26.1 Å². The first-order valence-corrected chi connectivity index (χ1v) is 8.63. The maximum absolute atomic E-state index is 12.0. The molecule has 2 heterocycles. The Morgan fingerprint density at radius 3 is 2.50 bits per heavy atom. The minimum absolute atomic E-state index is 0. The number of carbonyl (C=O) groups excluding carboxylic acids is 1. The van der Waals surface area contributed by atoms with E-state index in [1.807, 2.05) is 4.90 Å². The lowest BCUT2D eigenvalue weighted by molar-refractivity contribution is -0.132. The number of hydrogen-bond donors (Lipinski definition) is 1. The third kappa shape index (κ3) is 4.58. The van der Waals surface area contributed by atoms with Crippen LogP contribution < -0.4 is 5.32 Å². The second kappa shape index (κ2) is 7.59. The van der Waals surface area contributed by atoms with E-state index in [-0.39, 0.29) is 29.3 Å². The molecule has 2 rings (SSSR count). The van der Waals surface area contributed by atoms with Gasteiger partial charge >= 0.3 is 0 Å². The van der Waals surface area contributed by atoms with Crippen LogP contribution in [0.2, 0.25) is 0 Å². The topological polar surface area (TPSA) is 69.7 Å². The zero-order valence-electron chi connectivity index (χ0n) is 11.9. The van der Waals surface area contributed by atoms with Gasteiger partial charge in [0, 0.05) is 52.2 Å². The van der Waals surface area contributed by atoms with Gasteiger partial charge in [-0.1, -0.05) is 0 Å². The zero-order valence-corrected chi connectivity index (χ0v) is 13.5. The van der Waals surface area contributed by atoms with Crippen LogP contribution in [0, 0.1) is 0 Å². The minimum Gasteiger partial charge on any atom is -0.340 e. The van der Waals surface area contributed by atoms with Crippen LogP contribution in [0.3, 0.4) is 0 Å². The lowest BCUT2D eigenvalue weighted by Crippen LogP contribution is -2.49. The van der Waals surface area contributed by atoms with E-state index >= 15 is 0 Å². The van der Waals surface area contributed by atoms with Gasteiger partial charge in [-0.2, -0.15) is 0 Å². The standard InChI is InChI=1S/C12H23N3O3S.ClH/c1-11-10-14(8-9-19(11,17)18)5-2-12(16)15-6-3-13-4-7-15;/h11,13H,2-10H2,1H3;1H. The largest absolute Gasteiger partial charge is 0.340 e. The van der Waals surface area contributed by atoms with Crippen LogP contribution in [-0.4, -0.2) is 80.9 Å². The number of carbonyl (C=O) groups is 1. The van der Waals surface area contributed by atoms with Crippen LogP contribution in [0.25, 0.3) is 0 Å². The van der Waals surface area contributed by atoms with Gasteiger partial charge in [-0.25, -0.2) is 8.42 Å². The monoisotopic (exact) mass is 325 g/mol. The molecular weight excluding hydrogens is 302 g/mol. The summed E-state index contributed by atoms with van der Waals surface area (Å²) < 4.78 is 23.2. The molecule has 0 saturated carbocycles. The smallest absolute Gasteiger partial charge is 0.223 e. The van der Waals surface area contributed by atoms with Gasteiger partial charge in [0.1, 0.15) is 0 Å². The molecule has 0 aromatic rings. The van der Waals surface area contributed by atoms with Crippen molar-refractivity contribution in [1.82, 2.24) is 15.1 Å². The highest BCUT2D eigenvalue weighted by Crippen LogP contribution is 2.12. The van der Waals surface area contributed by atoms with E-state index in [4.69, 9.17) is 0 Å². The first-order valence-electron chi connectivity index (χ1n) is 6.91. The number of hydrogen-bond acceptors (Lipinski definition) is 5. The third-order valence-electron chi connectivity index (χ3n) is 3.93. The predicted octanol–water partition coefficient (Wildman–Crippen LogP) is -0.651. The van der Waals surface area contributed by atoms with E-state index in [9.17, 15) is 13.2 Å². The van der Waals surface area contributed by atoms with Crippen molar-refractivity contribution in [2.45, 2.75) is 18.6 Å². The summed E-state index contributed by atoms with van der Waals surface area (Å²) in [4.78, 5) is 16.0. The van der Waals surface area contributed by atoms with Crippen molar-refractivity contribution in [3.05, 3.63) is 0 Å². The van der Waals surface area contributed by atoms with Crippen LogP contribution in [0.4, 0.5) is 0 Å². The molecule has 0 aliphatic carbocycles. The summed E-state index contributed by atoms with van der Waals surface area (Å²) in [5, 5.41) is 2.91. The lowest BCUT2D eigenvalue weighted by Gasteiger charge is -2.32. The zero-order chi connectivity index (χ0) is 13.9. The van der Waals surface area contributed by atoms with Gasteiger partial charge < -0.3 is 15.1 Å². The van der Waals surface area contributed by atoms with Crippen molar-refractivity contribution >= 4 is 28.2 Å². The van der Waals surface area contributed by atoms with Crippen molar-refractivity contribution < 1.29 is 13.2 Å². The highest BCUT2D eigenvalue weighted by molar-refractivity contribution is 7.92. The number of nitrogens with zero attached hydrogens (tertiary/aromatic N) is 2. The van der Waals surface area contributed by atoms with Crippen LogP contribution >= 0.6 is 12.4 Å². The summed E-state index contributed by atoms with van der Waals surface area (Å²) in [6.07, 6.45) is 0.493. The van der Waals surface area contributed by atoms with Crippen molar-refractivity contribution in [3.63, 3.8) is 0 Å². The van der Waals surface area contributed by atoms with E-state index in [1.165, 1.54) is 0 Å². The molecule has 6 nitrogen and oxygen atoms in total. The second-order valence-corrected chi connectivity index (χ2v) is 7.90. The Labute approximate surface area is 127 Å². The Morgan fingerprint density at radius 1 is 1.25 bits per heavy atom. The minimum atomic E-state index is -2.90. The van der Waals surface area contributed by atoms with Crippen LogP contribution in [0.15, 0.2) is 0 Å². The molecule has 20 heavy (non-hydrogen) atoms. The quantitative estimate of drug-likeness (QED) is 0.746. The van der Waals surface area contributed by atoms with Crippen molar-refractivity contribution in [1.29, 1.82) is 0 Å². The summed E-state index contributed by atoms with van der Waals surface area (Å²) in [5.41, 5.74) is 0. The molecule has 0 radical (unpaired) electrons. The van der Waals surface area contributed by atoms with Crippen molar-refractivity contribution in [3.8, 4) is 0 Å². The molecule has 2 aliphatic rings. The molecule has 1 amide bonds. The first-order chi connectivity index (χ1) is 8.99. The Balaban J connectivity index is 0.00000200. The van der Waals surface area contributed by atoms with E-state index in [0.717, 1.165) is 26.2 Å². The molecule has 2 saturated heterocycles. The molecule has 1 atom stereocenters. The number of amides is 1. The lowest BCUT2D eigenvalue weighted by atomic mass is 10.2. The second-order valence-electron chi connectivity index (χ2n) is 5.36.